The summed E-state index contributed by atoms with van der Waals surface area (Å²) >= 11 is 3.35. The Morgan fingerprint density at radius 1 is 1.41 bits per heavy atom. The van der Waals surface area contributed by atoms with Crippen LogP contribution in [-0.2, 0) is 14.3 Å². The van der Waals surface area contributed by atoms with Gasteiger partial charge in [0, 0.05) is 17.6 Å². The summed E-state index contributed by atoms with van der Waals surface area (Å²) in [5, 5.41) is 2.36. The van der Waals surface area contributed by atoms with Crippen molar-refractivity contribution in [3.63, 3.8) is 0 Å². The summed E-state index contributed by atoms with van der Waals surface area (Å²) in [6, 6.07) is 7.47. The smallest absolute Gasteiger partial charge is 0.331 e. The summed E-state index contributed by atoms with van der Waals surface area (Å²) in [5.74, 6) is -0.892. The predicted octanol–water partition coefficient (Wildman–Crippen LogP) is 1.75. The highest BCUT2D eigenvalue weighted by Gasteiger charge is 2.02. The molecule has 1 N–H and O–H groups in total. The first kappa shape index (κ1) is 13.4. The van der Waals surface area contributed by atoms with Gasteiger partial charge in [-0.25, -0.2) is 4.79 Å². The SMILES string of the molecule is CNC(=O)COC(=O)/C=C/c1ccccc1Br. The lowest BCUT2D eigenvalue weighted by Gasteiger charge is -2.00. The highest BCUT2D eigenvalue weighted by Crippen LogP contribution is 2.16. The van der Waals surface area contributed by atoms with Gasteiger partial charge in [0.05, 0.1) is 0 Å². The van der Waals surface area contributed by atoms with E-state index in [1.807, 2.05) is 24.3 Å². The summed E-state index contributed by atoms with van der Waals surface area (Å²) in [5.41, 5.74) is 0.865. The molecule has 0 saturated carbocycles. The lowest BCUT2D eigenvalue weighted by atomic mass is 10.2. The molecule has 0 fully saturated rings. The van der Waals surface area contributed by atoms with Crippen molar-refractivity contribution in [3.8, 4) is 0 Å². The molecule has 1 aromatic carbocycles. The molecule has 1 rings (SSSR count). The van der Waals surface area contributed by atoms with Crippen molar-refractivity contribution >= 4 is 33.9 Å². The van der Waals surface area contributed by atoms with E-state index < -0.39 is 5.97 Å². The Hall–Kier alpha value is -1.62. The molecule has 0 saturated heterocycles. The van der Waals surface area contributed by atoms with E-state index in [1.54, 1.807) is 6.08 Å². The van der Waals surface area contributed by atoms with Gasteiger partial charge in [0.25, 0.3) is 5.91 Å². The van der Waals surface area contributed by atoms with E-state index in [2.05, 4.69) is 21.2 Å². The van der Waals surface area contributed by atoms with Gasteiger partial charge in [0.1, 0.15) is 0 Å². The number of amides is 1. The zero-order valence-electron chi connectivity index (χ0n) is 9.27. The minimum Gasteiger partial charge on any atom is -0.452 e. The number of rotatable bonds is 4. The summed E-state index contributed by atoms with van der Waals surface area (Å²) in [6.07, 6.45) is 2.90. The van der Waals surface area contributed by atoms with Crippen LogP contribution in [0.15, 0.2) is 34.8 Å². The molecule has 1 amide bonds. The molecule has 0 spiro atoms. The van der Waals surface area contributed by atoms with E-state index in [0.29, 0.717) is 0 Å². The minimum atomic E-state index is -0.552. The van der Waals surface area contributed by atoms with Crippen LogP contribution in [-0.4, -0.2) is 25.5 Å². The zero-order valence-corrected chi connectivity index (χ0v) is 10.9. The molecule has 0 unspecified atom stereocenters. The summed E-state index contributed by atoms with van der Waals surface area (Å²) < 4.78 is 5.59. The number of hydrogen-bond donors (Lipinski definition) is 1. The molecule has 0 heterocycles. The number of benzene rings is 1. The van der Waals surface area contributed by atoms with Crippen LogP contribution in [0.2, 0.25) is 0 Å². The number of halogens is 1. The van der Waals surface area contributed by atoms with Crippen LogP contribution in [0.4, 0.5) is 0 Å². The average molecular weight is 298 g/mol. The van der Waals surface area contributed by atoms with Crippen LogP contribution < -0.4 is 5.32 Å². The van der Waals surface area contributed by atoms with E-state index in [4.69, 9.17) is 4.74 Å². The summed E-state index contributed by atoms with van der Waals surface area (Å²) in [6.45, 7) is -0.268. The van der Waals surface area contributed by atoms with Gasteiger partial charge in [-0.15, -0.1) is 0 Å². The molecule has 0 bridgehead atoms. The van der Waals surface area contributed by atoms with E-state index in [1.165, 1.54) is 13.1 Å². The molecule has 0 aliphatic heterocycles. The third-order valence-electron chi connectivity index (χ3n) is 1.93. The van der Waals surface area contributed by atoms with Crippen LogP contribution in [0, 0.1) is 0 Å². The topological polar surface area (TPSA) is 55.4 Å². The number of carbonyl (C=O) groups is 2. The molecule has 0 atom stereocenters. The van der Waals surface area contributed by atoms with Crippen molar-refractivity contribution in [1.29, 1.82) is 0 Å². The van der Waals surface area contributed by atoms with E-state index in [9.17, 15) is 9.59 Å². The molecule has 0 aliphatic carbocycles. The maximum absolute atomic E-state index is 11.2. The first-order chi connectivity index (χ1) is 8.13. The maximum atomic E-state index is 11.2. The quantitative estimate of drug-likeness (QED) is 0.680. The summed E-state index contributed by atoms with van der Waals surface area (Å²) in [7, 11) is 1.48. The third-order valence-corrected chi connectivity index (χ3v) is 2.65. The molecule has 90 valence electrons. The Morgan fingerprint density at radius 3 is 2.76 bits per heavy atom. The van der Waals surface area contributed by atoms with Crippen molar-refractivity contribution in [2.45, 2.75) is 0 Å². The van der Waals surface area contributed by atoms with Crippen molar-refractivity contribution in [2.24, 2.45) is 0 Å². The Kier molecular flexibility index (Phi) is 5.42. The maximum Gasteiger partial charge on any atom is 0.331 e. The van der Waals surface area contributed by atoms with E-state index >= 15 is 0 Å². The van der Waals surface area contributed by atoms with Crippen molar-refractivity contribution in [3.05, 3.63) is 40.4 Å². The first-order valence-corrected chi connectivity index (χ1v) is 5.72. The average Bonchev–Trinajstić information content (AvgIpc) is 2.35. The second kappa shape index (κ2) is 6.85. The fraction of sp³-hybridized carbons (Fsp3) is 0.167. The van der Waals surface area contributed by atoms with Crippen LogP contribution >= 0.6 is 15.9 Å². The van der Waals surface area contributed by atoms with Gasteiger partial charge in [-0.2, -0.15) is 0 Å². The fourth-order valence-corrected chi connectivity index (χ4v) is 1.44. The van der Waals surface area contributed by atoms with Crippen molar-refractivity contribution < 1.29 is 14.3 Å². The normalized spacial score (nSPS) is 10.2. The molecular weight excluding hydrogens is 286 g/mol. The molecule has 1 aromatic rings. The molecule has 17 heavy (non-hydrogen) atoms. The van der Waals surface area contributed by atoms with Crippen molar-refractivity contribution in [2.75, 3.05) is 13.7 Å². The Bertz CT molecular complexity index is 443. The standard InChI is InChI=1S/C12H12BrNO3/c1-14-11(15)8-17-12(16)7-6-9-4-2-3-5-10(9)13/h2-7H,8H2,1H3,(H,14,15)/b7-6+. The first-order valence-electron chi connectivity index (χ1n) is 4.93. The Balaban J connectivity index is 2.51. The number of likely N-dealkylation sites (N-methyl/N-ethyl adjacent to an activating group) is 1. The fourth-order valence-electron chi connectivity index (χ4n) is 1.03. The lowest BCUT2D eigenvalue weighted by Crippen LogP contribution is -2.24. The molecule has 0 radical (unpaired) electrons. The second-order valence-electron chi connectivity index (χ2n) is 3.14. The van der Waals surface area contributed by atoms with Gasteiger partial charge in [-0.1, -0.05) is 34.1 Å². The summed E-state index contributed by atoms with van der Waals surface area (Å²) in [4.78, 5) is 22.1. The zero-order chi connectivity index (χ0) is 12.7. The van der Waals surface area contributed by atoms with Crippen LogP contribution in [0.25, 0.3) is 6.08 Å². The van der Waals surface area contributed by atoms with Gasteiger partial charge in [-0.3, -0.25) is 4.79 Å². The van der Waals surface area contributed by atoms with Gasteiger partial charge in [-0.05, 0) is 17.7 Å². The number of nitrogens with one attached hydrogen (secondary N) is 1. The van der Waals surface area contributed by atoms with E-state index in [-0.39, 0.29) is 12.5 Å². The number of esters is 1. The number of ether oxygens (including phenoxy) is 1. The number of hydrogen-bond acceptors (Lipinski definition) is 3. The predicted molar refractivity (Wildman–Crippen MR) is 68.2 cm³/mol. The van der Waals surface area contributed by atoms with Crippen LogP contribution in [0.3, 0.4) is 0 Å². The monoisotopic (exact) mass is 297 g/mol. The van der Waals surface area contributed by atoms with Crippen molar-refractivity contribution in [1.82, 2.24) is 5.32 Å². The molecule has 5 heteroatoms. The third kappa shape index (κ3) is 4.82. The second-order valence-corrected chi connectivity index (χ2v) is 3.99. The molecule has 0 aromatic heterocycles. The van der Waals surface area contributed by atoms with Gasteiger partial charge in [0.15, 0.2) is 6.61 Å². The highest BCUT2D eigenvalue weighted by molar-refractivity contribution is 9.10. The number of carbonyl (C=O) groups excluding carboxylic acids is 2. The molecular formula is C12H12BrNO3. The van der Waals surface area contributed by atoms with E-state index in [0.717, 1.165) is 10.0 Å². The molecule has 0 aliphatic rings. The molecule has 4 nitrogen and oxygen atoms in total. The van der Waals surface area contributed by atoms with Gasteiger partial charge >= 0.3 is 5.97 Å². The van der Waals surface area contributed by atoms with Crippen LogP contribution in [0.5, 0.6) is 0 Å². The minimum absolute atomic E-state index is 0.268. The Labute approximate surface area is 108 Å². The van der Waals surface area contributed by atoms with Crippen LogP contribution in [0.1, 0.15) is 5.56 Å². The Morgan fingerprint density at radius 2 is 2.12 bits per heavy atom. The highest BCUT2D eigenvalue weighted by atomic mass is 79.9. The van der Waals surface area contributed by atoms with Gasteiger partial charge in [0.2, 0.25) is 0 Å². The largest absolute Gasteiger partial charge is 0.452 e. The lowest BCUT2D eigenvalue weighted by molar-refractivity contribution is -0.143. The van der Waals surface area contributed by atoms with Gasteiger partial charge < -0.3 is 10.1 Å².